The van der Waals surface area contributed by atoms with E-state index in [1.807, 2.05) is 84.8 Å². The summed E-state index contributed by atoms with van der Waals surface area (Å²) in [5.74, 6) is -1.01. The number of para-hydroxylation sites is 1. The molecule has 0 bridgehead atoms. The first-order valence-corrected chi connectivity index (χ1v) is 22.3. The first-order chi connectivity index (χ1) is 26.5. The Labute approximate surface area is 322 Å². The fourth-order valence-electron chi connectivity index (χ4n) is 9.85. The molecule has 2 N–H and O–H groups in total. The van der Waals surface area contributed by atoms with E-state index in [0.29, 0.717) is 55.1 Å². The van der Waals surface area contributed by atoms with Gasteiger partial charge in [0, 0.05) is 47.7 Å². The minimum absolute atomic E-state index is 0.0375. The number of benzene rings is 3. The maximum atomic E-state index is 16.6. The summed E-state index contributed by atoms with van der Waals surface area (Å²) in [5.41, 5.74) is 1.97. The smallest absolute Gasteiger partial charge is 0.264 e. The van der Waals surface area contributed by atoms with Crippen LogP contribution in [0.25, 0.3) is 0 Å². The van der Waals surface area contributed by atoms with E-state index in [2.05, 4.69) is 39.2 Å². The van der Waals surface area contributed by atoms with Crippen LogP contribution in [0.2, 0.25) is 18.6 Å². The molecule has 3 saturated heterocycles. The number of ether oxygens (including phenoxy) is 1. The predicted molar refractivity (Wildman–Crippen MR) is 213 cm³/mol. The van der Waals surface area contributed by atoms with Crippen LogP contribution in [0.15, 0.2) is 97.7 Å². The van der Waals surface area contributed by atoms with Crippen molar-refractivity contribution in [3.63, 3.8) is 0 Å². The van der Waals surface area contributed by atoms with Gasteiger partial charge in [-0.05, 0) is 81.3 Å². The monoisotopic (exact) mass is 763 g/mol. The first kappa shape index (κ1) is 37.2. The first-order valence-electron chi connectivity index (χ1n) is 19.4. The van der Waals surface area contributed by atoms with Crippen LogP contribution < -0.4 is 20.0 Å². The van der Waals surface area contributed by atoms with Crippen LogP contribution >= 0.6 is 0 Å². The molecule has 5 atom stereocenters. The van der Waals surface area contributed by atoms with Crippen molar-refractivity contribution in [2.45, 2.75) is 74.5 Å². The number of nitrogens with zero attached hydrogens (tertiary/aromatic N) is 6. The zero-order valence-electron chi connectivity index (χ0n) is 31.8. The van der Waals surface area contributed by atoms with Gasteiger partial charge in [-0.3, -0.25) is 19.2 Å². The molecule has 288 valence electrons. The molecule has 4 aliphatic rings. The van der Waals surface area contributed by atoms with Crippen molar-refractivity contribution in [3.05, 3.63) is 115 Å². The molecule has 13 heteroatoms. The third-order valence-corrected chi connectivity index (χ3v) is 14.9. The van der Waals surface area contributed by atoms with Crippen molar-refractivity contribution in [1.82, 2.24) is 20.3 Å². The van der Waals surface area contributed by atoms with Gasteiger partial charge >= 0.3 is 0 Å². The van der Waals surface area contributed by atoms with Gasteiger partial charge in [0.15, 0.2) is 5.60 Å². The maximum Gasteiger partial charge on any atom is 0.264 e. The summed E-state index contributed by atoms with van der Waals surface area (Å²) < 4.78 is 25.4. The highest BCUT2D eigenvalue weighted by Gasteiger charge is 2.67. The minimum Gasteiger partial charge on any atom is -0.395 e. The number of carbonyl (C=O) groups excluding carboxylic acids is 2. The summed E-state index contributed by atoms with van der Waals surface area (Å²) in [7, 11) is -3.43. The van der Waals surface area contributed by atoms with E-state index in [4.69, 9.17) is 4.74 Å². The Kier molecular flexibility index (Phi) is 9.77. The van der Waals surface area contributed by atoms with Gasteiger partial charge in [0.2, 0.25) is 8.41 Å². The van der Waals surface area contributed by atoms with Gasteiger partial charge in [0.1, 0.15) is 5.54 Å². The van der Waals surface area contributed by atoms with Gasteiger partial charge in [-0.2, -0.15) is 0 Å². The fraction of sp³-hybridized carbons (Fsp3) is 0.429. The van der Waals surface area contributed by atoms with Gasteiger partial charge in [0.25, 0.3) is 11.8 Å². The highest BCUT2D eigenvalue weighted by Crippen LogP contribution is 2.60. The highest BCUT2D eigenvalue weighted by atomic mass is 28.4. The van der Waals surface area contributed by atoms with Crippen LogP contribution in [0.5, 0.6) is 0 Å². The number of piperidine rings is 1. The maximum absolute atomic E-state index is 16.6. The van der Waals surface area contributed by atoms with Crippen LogP contribution in [-0.2, 0) is 26.5 Å². The van der Waals surface area contributed by atoms with Gasteiger partial charge in [-0.15, -0.1) is 11.7 Å². The van der Waals surface area contributed by atoms with Crippen LogP contribution in [0.4, 0.5) is 21.2 Å². The number of anilines is 3. The van der Waals surface area contributed by atoms with E-state index < -0.39 is 37.1 Å². The molecular formula is C42H50FN7O4Si. The van der Waals surface area contributed by atoms with Crippen LogP contribution in [-0.4, -0.2) is 84.9 Å². The molecule has 2 spiro atoms. The number of amides is 2. The molecular weight excluding hydrogens is 714 g/mol. The number of aliphatic hydroxyl groups excluding tert-OH is 1. The summed E-state index contributed by atoms with van der Waals surface area (Å²) in [6, 6.07) is 25.5. The number of hydrogen-bond donors (Lipinski definition) is 2. The Bertz CT molecular complexity index is 2050. The van der Waals surface area contributed by atoms with Crippen molar-refractivity contribution in [3.8, 4) is 0 Å². The molecule has 0 saturated carbocycles. The molecule has 0 radical (unpaired) electrons. The summed E-state index contributed by atoms with van der Waals surface area (Å²) in [5, 5.41) is 22.4. The lowest BCUT2D eigenvalue weighted by Gasteiger charge is -2.39. The van der Waals surface area contributed by atoms with Gasteiger partial charge < -0.3 is 29.1 Å². The summed E-state index contributed by atoms with van der Waals surface area (Å²) >= 11 is 0. The molecule has 8 rings (SSSR count). The Morgan fingerprint density at radius 1 is 1.04 bits per heavy atom. The van der Waals surface area contributed by atoms with E-state index in [1.54, 1.807) is 28.8 Å². The van der Waals surface area contributed by atoms with Crippen LogP contribution in [0.3, 0.4) is 0 Å². The van der Waals surface area contributed by atoms with Crippen molar-refractivity contribution in [1.29, 1.82) is 0 Å². The lowest BCUT2D eigenvalue weighted by molar-refractivity contribution is -0.145. The summed E-state index contributed by atoms with van der Waals surface area (Å²) in [4.78, 5) is 35.2. The molecule has 2 amide bonds. The number of fused-ring (bicyclic) bond motifs is 2. The molecule has 1 aromatic heterocycles. The number of aromatic nitrogens is 3. The Morgan fingerprint density at radius 2 is 1.75 bits per heavy atom. The number of halogens is 1. The van der Waals surface area contributed by atoms with E-state index >= 15 is 4.11 Å². The Balaban J connectivity index is 1.13. The third-order valence-electron chi connectivity index (χ3n) is 12.4. The number of aliphatic hydroxyl groups is 1. The van der Waals surface area contributed by atoms with E-state index in [9.17, 15) is 14.7 Å². The topological polar surface area (TPSA) is 116 Å². The molecule has 3 fully saturated rings. The van der Waals surface area contributed by atoms with Gasteiger partial charge in [0.05, 0.1) is 36.7 Å². The molecule has 1 unspecified atom stereocenters. The van der Waals surface area contributed by atoms with Crippen LogP contribution in [0, 0.1) is 5.92 Å². The quantitative estimate of drug-likeness (QED) is 0.113. The largest absolute Gasteiger partial charge is 0.395 e. The van der Waals surface area contributed by atoms with Gasteiger partial charge in [-0.25, -0.2) is 0 Å². The normalized spacial score (nSPS) is 25.3. The zero-order valence-corrected chi connectivity index (χ0v) is 32.8. The zero-order chi connectivity index (χ0) is 38.5. The Morgan fingerprint density at radius 3 is 2.42 bits per heavy atom. The standard InChI is InChI=1S/C42H50FN7O4Si/c1-5-23-48-36-17-16-32(49-28-50(31-14-10-7-11-15-31)41(39(49)52)19-21-44-22-20-41)25-34(36)42(40(48)53)29(2)38(55(3,4)43)37(54-42)18-24-47-26-35(45-46-47)33(27-51)30-12-8-6-9-13-30/h5-17,25-26,29,33,37-38,44,51H,1,18-24,27-28H2,2-4H3/t29-,33?,37+,38-,42+/m1/s1. The minimum atomic E-state index is -3.43. The predicted octanol–water partition coefficient (Wildman–Crippen LogP) is 5.73. The molecule has 3 aromatic carbocycles. The average Bonchev–Trinajstić information content (AvgIpc) is 3.91. The molecule has 11 nitrogen and oxygen atoms in total. The second kappa shape index (κ2) is 14.4. The number of carbonyl (C=O) groups is 2. The number of nitrogens with one attached hydrogen (secondary N) is 1. The number of aryl methyl sites for hydroxylation is 1. The molecule has 55 heavy (non-hydrogen) atoms. The lowest BCUT2D eigenvalue weighted by atomic mass is 9.82. The number of rotatable bonds is 11. The molecule has 0 aliphatic carbocycles. The molecule has 4 aliphatic heterocycles. The molecule has 4 aromatic rings. The second-order valence-electron chi connectivity index (χ2n) is 15.9. The molecule has 5 heterocycles. The van der Waals surface area contributed by atoms with E-state index in [1.165, 1.54) is 0 Å². The van der Waals surface area contributed by atoms with Crippen molar-refractivity contribution in [2.24, 2.45) is 5.92 Å². The van der Waals surface area contributed by atoms with E-state index in [0.717, 1.165) is 24.3 Å². The Hall–Kier alpha value is -4.69. The highest BCUT2D eigenvalue weighted by molar-refractivity contribution is 6.72. The lowest BCUT2D eigenvalue weighted by Crippen LogP contribution is -2.55. The van der Waals surface area contributed by atoms with Gasteiger partial charge in [-0.1, -0.05) is 66.7 Å². The fourth-order valence-corrected chi connectivity index (χ4v) is 12.4. The van der Waals surface area contributed by atoms with Crippen molar-refractivity contribution in [2.75, 3.05) is 47.6 Å². The summed E-state index contributed by atoms with van der Waals surface area (Å²) in [6.45, 7) is 11.7. The van der Waals surface area contributed by atoms with Crippen LogP contribution in [0.1, 0.15) is 48.9 Å². The SMILES string of the molecule is C=CCN1C(=O)[C@@]2(O[C@@H](CCn3cc(C(CO)c4ccccc4)nn3)[C@H]([Si](C)(C)F)[C@H]2C)c2cc(N3CN(c4ccccc4)C4(CCNCC4)C3=O)ccc21. The number of hydrogen-bond acceptors (Lipinski definition) is 8. The average molecular weight is 764 g/mol. The third kappa shape index (κ3) is 6.12. The van der Waals surface area contributed by atoms with E-state index in [-0.39, 0.29) is 30.9 Å². The van der Waals surface area contributed by atoms with Crippen molar-refractivity contribution >= 4 is 37.3 Å². The second-order valence-corrected chi connectivity index (χ2v) is 19.7. The van der Waals surface area contributed by atoms with Crippen molar-refractivity contribution < 1.29 is 23.5 Å². The summed E-state index contributed by atoms with van der Waals surface area (Å²) in [6.07, 6.45) is 4.70.